The Labute approximate surface area is 104 Å². The number of aliphatic hydroxyl groups is 1. The zero-order valence-corrected chi connectivity index (χ0v) is 9.87. The summed E-state index contributed by atoms with van der Waals surface area (Å²) in [7, 11) is 0. The van der Waals surface area contributed by atoms with Gasteiger partial charge in [0.1, 0.15) is 6.07 Å². The zero-order valence-electron chi connectivity index (χ0n) is 9.87. The van der Waals surface area contributed by atoms with Gasteiger partial charge in [0.2, 0.25) is 0 Å². The first-order valence-electron chi connectivity index (χ1n) is 5.91. The van der Waals surface area contributed by atoms with E-state index in [1.54, 1.807) is 11.0 Å². The third-order valence-electron chi connectivity index (χ3n) is 3.30. The average molecular weight is 252 g/mol. The van der Waals surface area contributed by atoms with E-state index in [1.807, 2.05) is 0 Å². The van der Waals surface area contributed by atoms with Crippen molar-refractivity contribution in [2.45, 2.75) is 12.8 Å². The summed E-state index contributed by atoms with van der Waals surface area (Å²) in [5.74, 6) is -1.98. The van der Waals surface area contributed by atoms with Crippen molar-refractivity contribution in [3.8, 4) is 6.07 Å². The predicted molar refractivity (Wildman–Crippen MR) is 63.1 cm³/mol. The smallest absolute Gasteiger partial charge is 0.183 e. The van der Waals surface area contributed by atoms with Gasteiger partial charge >= 0.3 is 0 Å². The van der Waals surface area contributed by atoms with E-state index in [0.717, 1.165) is 12.8 Å². The van der Waals surface area contributed by atoms with Gasteiger partial charge in [-0.15, -0.1) is 0 Å². The SMILES string of the molecule is N#Cc1ccc(N2CCCC(CO)C2)c(F)c1F. The molecular weight excluding hydrogens is 238 g/mol. The summed E-state index contributed by atoms with van der Waals surface area (Å²) in [6.45, 7) is 1.20. The number of anilines is 1. The second-order valence-electron chi connectivity index (χ2n) is 4.51. The van der Waals surface area contributed by atoms with E-state index >= 15 is 0 Å². The summed E-state index contributed by atoms with van der Waals surface area (Å²) in [6.07, 6.45) is 1.74. The van der Waals surface area contributed by atoms with Gasteiger partial charge in [0.15, 0.2) is 11.6 Å². The number of halogens is 2. The molecule has 0 bridgehead atoms. The molecule has 1 N–H and O–H groups in total. The van der Waals surface area contributed by atoms with E-state index in [2.05, 4.69) is 0 Å². The lowest BCUT2D eigenvalue weighted by molar-refractivity contribution is 0.208. The average Bonchev–Trinajstić information content (AvgIpc) is 2.42. The van der Waals surface area contributed by atoms with Crippen molar-refractivity contribution in [3.05, 3.63) is 29.3 Å². The van der Waals surface area contributed by atoms with E-state index in [4.69, 9.17) is 10.4 Å². The van der Waals surface area contributed by atoms with Crippen LogP contribution in [0.1, 0.15) is 18.4 Å². The molecule has 2 rings (SSSR count). The molecular formula is C13H14F2N2O. The molecule has 0 amide bonds. The highest BCUT2D eigenvalue weighted by Crippen LogP contribution is 2.28. The van der Waals surface area contributed by atoms with Crippen LogP contribution in [0.15, 0.2) is 12.1 Å². The lowest BCUT2D eigenvalue weighted by Gasteiger charge is -2.33. The van der Waals surface area contributed by atoms with Crippen molar-refractivity contribution >= 4 is 5.69 Å². The summed E-state index contributed by atoms with van der Waals surface area (Å²) < 4.78 is 27.4. The third kappa shape index (κ3) is 2.29. The highest BCUT2D eigenvalue weighted by atomic mass is 19.2. The molecule has 1 aliphatic heterocycles. The number of hydrogen-bond donors (Lipinski definition) is 1. The molecule has 1 aromatic rings. The Morgan fingerprint density at radius 2 is 2.17 bits per heavy atom. The first-order valence-corrected chi connectivity index (χ1v) is 5.91. The number of nitrogens with zero attached hydrogens (tertiary/aromatic N) is 2. The first-order chi connectivity index (χ1) is 8.67. The van der Waals surface area contributed by atoms with Crippen molar-refractivity contribution in [3.63, 3.8) is 0 Å². The lowest BCUT2D eigenvalue weighted by atomic mass is 9.98. The van der Waals surface area contributed by atoms with Crippen molar-refractivity contribution < 1.29 is 13.9 Å². The number of aliphatic hydroxyl groups excluding tert-OH is 1. The van der Waals surface area contributed by atoms with Gasteiger partial charge in [0, 0.05) is 19.7 Å². The highest BCUT2D eigenvalue weighted by molar-refractivity contribution is 5.52. The third-order valence-corrected chi connectivity index (χ3v) is 3.30. The van der Waals surface area contributed by atoms with Gasteiger partial charge in [-0.05, 0) is 30.9 Å². The van der Waals surface area contributed by atoms with Crippen LogP contribution >= 0.6 is 0 Å². The van der Waals surface area contributed by atoms with Gasteiger partial charge in [-0.3, -0.25) is 0 Å². The molecule has 1 atom stereocenters. The van der Waals surface area contributed by atoms with Gasteiger partial charge in [-0.2, -0.15) is 5.26 Å². The topological polar surface area (TPSA) is 47.3 Å². The molecule has 0 aliphatic carbocycles. The second-order valence-corrected chi connectivity index (χ2v) is 4.51. The molecule has 3 nitrogen and oxygen atoms in total. The maximum Gasteiger partial charge on any atom is 0.183 e. The van der Waals surface area contributed by atoms with Crippen LogP contribution in [0, 0.1) is 28.9 Å². The molecule has 1 heterocycles. The standard InChI is InChI=1S/C13H14F2N2O/c14-12-10(6-16)3-4-11(13(12)15)17-5-1-2-9(7-17)8-18/h3-4,9,18H,1-2,5,7-8H2. The summed E-state index contributed by atoms with van der Waals surface area (Å²) in [5.41, 5.74) is -0.114. The van der Waals surface area contributed by atoms with E-state index in [0.29, 0.717) is 13.1 Å². The molecule has 1 aliphatic rings. The van der Waals surface area contributed by atoms with Gasteiger partial charge in [-0.25, -0.2) is 8.78 Å². The molecule has 1 saturated heterocycles. The largest absolute Gasteiger partial charge is 0.396 e. The fourth-order valence-corrected chi connectivity index (χ4v) is 2.30. The minimum absolute atomic E-state index is 0.0525. The molecule has 96 valence electrons. The number of hydrogen-bond acceptors (Lipinski definition) is 3. The van der Waals surface area contributed by atoms with Crippen LogP contribution in [0.25, 0.3) is 0 Å². The van der Waals surface area contributed by atoms with Crippen molar-refractivity contribution in [2.75, 3.05) is 24.6 Å². The fourth-order valence-electron chi connectivity index (χ4n) is 2.30. The molecule has 0 saturated carbocycles. The van der Waals surface area contributed by atoms with E-state index in [1.165, 1.54) is 12.1 Å². The molecule has 0 radical (unpaired) electrons. The van der Waals surface area contributed by atoms with Crippen LogP contribution in [-0.4, -0.2) is 24.8 Å². The Morgan fingerprint density at radius 1 is 1.39 bits per heavy atom. The Bertz CT molecular complexity index is 485. The summed E-state index contributed by atoms with van der Waals surface area (Å²) in [4.78, 5) is 1.73. The van der Waals surface area contributed by atoms with E-state index < -0.39 is 11.6 Å². The van der Waals surface area contributed by atoms with Crippen LogP contribution in [0.2, 0.25) is 0 Å². The Morgan fingerprint density at radius 3 is 2.83 bits per heavy atom. The molecule has 0 aromatic heterocycles. The predicted octanol–water partition coefficient (Wildman–Crippen LogP) is 2.05. The monoisotopic (exact) mass is 252 g/mol. The molecule has 0 spiro atoms. The zero-order chi connectivity index (χ0) is 13.1. The molecule has 5 heteroatoms. The minimum Gasteiger partial charge on any atom is -0.396 e. The van der Waals surface area contributed by atoms with Crippen LogP contribution in [-0.2, 0) is 0 Å². The van der Waals surface area contributed by atoms with Crippen LogP contribution in [0.4, 0.5) is 14.5 Å². The minimum atomic E-state index is -1.10. The maximum absolute atomic E-state index is 13.8. The number of nitriles is 1. The quantitative estimate of drug-likeness (QED) is 0.876. The van der Waals surface area contributed by atoms with Crippen molar-refractivity contribution in [2.24, 2.45) is 5.92 Å². The number of rotatable bonds is 2. The summed E-state index contributed by atoms with van der Waals surface area (Å²) in [5, 5.41) is 17.7. The van der Waals surface area contributed by atoms with Crippen molar-refractivity contribution in [1.82, 2.24) is 0 Å². The van der Waals surface area contributed by atoms with Crippen LogP contribution < -0.4 is 4.90 Å². The van der Waals surface area contributed by atoms with Gasteiger partial charge in [0.25, 0.3) is 0 Å². The van der Waals surface area contributed by atoms with Crippen LogP contribution in [0.3, 0.4) is 0 Å². The maximum atomic E-state index is 13.8. The van der Waals surface area contributed by atoms with Gasteiger partial charge in [-0.1, -0.05) is 0 Å². The molecule has 18 heavy (non-hydrogen) atoms. The van der Waals surface area contributed by atoms with Gasteiger partial charge < -0.3 is 10.0 Å². The molecule has 1 fully saturated rings. The van der Waals surface area contributed by atoms with Crippen molar-refractivity contribution in [1.29, 1.82) is 5.26 Å². The normalized spacial score (nSPS) is 19.7. The Balaban J connectivity index is 2.29. The van der Waals surface area contributed by atoms with E-state index in [9.17, 15) is 8.78 Å². The van der Waals surface area contributed by atoms with Crippen LogP contribution in [0.5, 0.6) is 0 Å². The highest BCUT2D eigenvalue weighted by Gasteiger charge is 2.23. The Kier molecular flexibility index (Phi) is 3.78. The van der Waals surface area contributed by atoms with Gasteiger partial charge in [0.05, 0.1) is 11.3 Å². The summed E-state index contributed by atoms with van der Waals surface area (Å²) >= 11 is 0. The molecule has 1 aromatic carbocycles. The first kappa shape index (κ1) is 12.8. The Hall–Kier alpha value is -1.67. The molecule has 1 unspecified atom stereocenters. The fraction of sp³-hybridized carbons (Fsp3) is 0.462. The number of piperidine rings is 1. The number of benzene rings is 1. The summed E-state index contributed by atoms with van der Waals surface area (Å²) in [6, 6.07) is 4.33. The van der Waals surface area contributed by atoms with E-state index in [-0.39, 0.29) is 23.8 Å². The second kappa shape index (κ2) is 5.32. The lowest BCUT2D eigenvalue weighted by Crippen LogP contribution is -2.37.